The quantitative estimate of drug-likeness (QED) is 0.408. The molecule has 2 saturated heterocycles. The van der Waals surface area contributed by atoms with E-state index in [1.54, 1.807) is 13.8 Å². The molecule has 0 saturated carbocycles. The van der Waals surface area contributed by atoms with E-state index in [9.17, 15) is 9.59 Å². The first-order chi connectivity index (χ1) is 12.2. The maximum absolute atomic E-state index is 11.1. The summed E-state index contributed by atoms with van der Waals surface area (Å²) < 4.78 is 9.70. The molecule has 0 bridgehead atoms. The maximum Gasteiger partial charge on any atom is 0.307 e. The van der Waals surface area contributed by atoms with Crippen molar-refractivity contribution in [3.63, 3.8) is 0 Å². The van der Waals surface area contributed by atoms with Crippen LogP contribution in [0.5, 0.6) is 0 Å². The Kier molecular flexibility index (Phi) is 10.1. The van der Waals surface area contributed by atoms with Crippen molar-refractivity contribution in [2.75, 3.05) is 39.4 Å². The third kappa shape index (κ3) is 10.7. The standard InChI is InChI=1S/2C9H17NO3/c1-7-5-10(7)4-3-9(12)13-6-8(2)11;1-7-5-10(7)4-3-9(12)13-8(2)6-11/h2*7-8,11H,3-6H2,1-2H3. The zero-order valence-corrected chi connectivity index (χ0v) is 16.4. The topological polar surface area (TPSA) is 99.1 Å². The van der Waals surface area contributed by atoms with Crippen LogP contribution in [0.15, 0.2) is 0 Å². The van der Waals surface area contributed by atoms with Gasteiger partial charge in [0, 0.05) is 38.3 Å². The molecule has 26 heavy (non-hydrogen) atoms. The van der Waals surface area contributed by atoms with Crippen molar-refractivity contribution < 1.29 is 29.3 Å². The van der Waals surface area contributed by atoms with Gasteiger partial charge < -0.3 is 19.7 Å². The Morgan fingerprint density at radius 1 is 1.04 bits per heavy atom. The van der Waals surface area contributed by atoms with E-state index >= 15 is 0 Å². The van der Waals surface area contributed by atoms with E-state index in [4.69, 9.17) is 19.7 Å². The van der Waals surface area contributed by atoms with Crippen molar-refractivity contribution >= 4 is 11.9 Å². The van der Waals surface area contributed by atoms with E-state index in [0.29, 0.717) is 24.9 Å². The van der Waals surface area contributed by atoms with Crippen LogP contribution in [0.1, 0.15) is 40.5 Å². The van der Waals surface area contributed by atoms with Crippen molar-refractivity contribution in [2.45, 2.75) is 64.8 Å². The highest BCUT2D eigenvalue weighted by Gasteiger charge is 2.29. The van der Waals surface area contributed by atoms with Crippen LogP contribution in [0.25, 0.3) is 0 Å². The van der Waals surface area contributed by atoms with Crippen LogP contribution >= 0.6 is 0 Å². The second-order valence-corrected chi connectivity index (χ2v) is 7.20. The highest BCUT2D eigenvalue weighted by atomic mass is 16.6. The summed E-state index contributed by atoms with van der Waals surface area (Å²) in [7, 11) is 0. The zero-order valence-electron chi connectivity index (χ0n) is 16.4. The lowest BCUT2D eigenvalue weighted by molar-refractivity contribution is -0.150. The lowest BCUT2D eigenvalue weighted by Gasteiger charge is -2.09. The summed E-state index contributed by atoms with van der Waals surface area (Å²) in [6.07, 6.45) is -0.0885. The molecule has 8 nitrogen and oxygen atoms in total. The Hall–Kier alpha value is -1.22. The fourth-order valence-corrected chi connectivity index (χ4v) is 2.28. The van der Waals surface area contributed by atoms with Crippen molar-refractivity contribution in [1.29, 1.82) is 0 Å². The zero-order chi connectivity index (χ0) is 19.7. The van der Waals surface area contributed by atoms with Gasteiger partial charge in [0.1, 0.15) is 12.7 Å². The van der Waals surface area contributed by atoms with Gasteiger partial charge >= 0.3 is 11.9 Å². The van der Waals surface area contributed by atoms with Gasteiger partial charge in [-0.3, -0.25) is 19.4 Å². The van der Waals surface area contributed by atoms with Crippen LogP contribution in [-0.2, 0) is 19.1 Å². The largest absolute Gasteiger partial charge is 0.463 e. The number of aliphatic hydroxyl groups is 2. The molecule has 2 aliphatic heterocycles. The summed E-state index contributed by atoms with van der Waals surface area (Å²) in [6.45, 7) is 11.3. The van der Waals surface area contributed by atoms with Crippen LogP contribution in [-0.4, -0.2) is 95.6 Å². The molecule has 0 aliphatic carbocycles. The Balaban J connectivity index is 0.000000260. The van der Waals surface area contributed by atoms with E-state index in [-0.39, 0.29) is 31.3 Å². The molecule has 2 aliphatic rings. The molecule has 2 rings (SSSR count). The Labute approximate surface area is 156 Å². The highest BCUT2D eigenvalue weighted by molar-refractivity contribution is 5.70. The third-order valence-electron chi connectivity index (χ3n) is 4.26. The van der Waals surface area contributed by atoms with Gasteiger partial charge in [-0.25, -0.2) is 0 Å². The summed E-state index contributed by atoms with van der Waals surface area (Å²) in [4.78, 5) is 26.5. The second kappa shape index (κ2) is 11.5. The van der Waals surface area contributed by atoms with E-state index in [1.165, 1.54) is 0 Å². The predicted molar refractivity (Wildman–Crippen MR) is 96.6 cm³/mol. The number of rotatable bonds is 10. The average molecular weight is 374 g/mol. The molecule has 0 radical (unpaired) electrons. The minimum Gasteiger partial charge on any atom is -0.463 e. The van der Waals surface area contributed by atoms with Crippen molar-refractivity contribution in [2.24, 2.45) is 0 Å². The van der Waals surface area contributed by atoms with Crippen molar-refractivity contribution in [3.8, 4) is 0 Å². The molecule has 0 aromatic carbocycles. The summed E-state index contributed by atoms with van der Waals surface area (Å²) in [6, 6.07) is 1.26. The molecule has 2 heterocycles. The number of ether oxygens (including phenoxy) is 2. The number of esters is 2. The van der Waals surface area contributed by atoms with Crippen LogP contribution in [0.4, 0.5) is 0 Å². The lowest BCUT2D eigenvalue weighted by atomic mass is 10.4. The van der Waals surface area contributed by atoms with Gasteiger partial charge in [0.2, 0.25) is 0 Å². The first-order valence-corrected chi connectivity index (χ1v) is 9.35. The molecule has 0 amide bonds. The summed E-state index contributed by atoms with van der Waals surface area (Å²) in [5.74, 6) is -0.444. The molecular weight excluding hydrogens is 340 g/mol. The van der Waals surface area contributed by atoms with Gasteiger partial charge in [-0.2, -0.15) is 0 Å². The minimum absolute atomic E-state index is 0.105. The van der Waals surface area contributed by atoms with E-state index in [0.717, 1.165) is 26.2 Å². The Morgan fingerprint density at radius 3 is 1.88 bits per heavy atom. The highest BCUT2D eigenvalue weighted by Crippen LogP contribution is 2.16. The first-order valence-electron chi connectivity index (χ1n) is 9.35. The van der Waals surface area contributed by atoms with Crippen LogP contribution in [0.3, 0.4) is 0 Å². The molecule has 0 spiro atoms. The molecule has 2 fully saturated rings. The maximum atomic E-state index is 11.1. The minimum atomic E-state index is -0.566. The Bertz CT molecular complexity index is 445. The van der Waals surface area contributed by atoms with E-state index in [2.05, 4.69) is 23.6 Å². The molecule has 2 N–H and O–H groups in total. The second-order valence-electron chi connectivity index (χ2n) is 7.20. The number of hydrogen-bond acceptors (Lipinski definition) is 8. The van der Waals surface area contributed by atoms with Crippen molar-refractivity contribution in [3.05, 3.63) is 0 Å². The number of hydrogen-bond donors (Lipinski definition) is 2. The summed E-state index contributed by atoms with van der Waals surface area (Å²) in [5.41, 5.74) is 0. The Morgan fingerprint density at radius 2 is 1.50 bits per heavy atom. The van der Waals surface area contributed by atoms with E-state index in [1.807, 2.05) is 0 Å². The lowest BCUT2D eigenvalue weighted by Crippen LogP contribution is -2.20. The predicted octanol–water partition coefficient (Wildman–Crippen LogP) is 0.00920. The molecule has 8 heteroatoms. The van der Waals surface area contributed by atoms with Gasteiger partial charge in [0.05, 0.1) is 25.6 Å². The molecule has 6 atom stereocenters. The average Bonchev–Trinajstić information content (AvgIpc) is 3.48. The monoisotopic (exact) mass is 374 g/mol. The summed E-state index contributed by atoms with van der Waals surface area (Å²) in [5, 5.41) is 17.5. The SMILES string of the molecule is CC(CO)OC(=O)CCN1CC1C.CC(O)COC(=O)CCN1CC1C. The number of carbonyl (C=O) groups excluding carboxylic acids is 2. The van der Waals surface area contributed by atoms with Crippen LogP contribution in [0.2, 0.25) is 0 Å². The fourth-order valence-electron chi connectivity index (χ4n) is 2.28. The number of aliphatic hydroxyl groups excluding tert-OH is 2. The van der Waals surface area contributed by atoms with Gasteiger partial charge in [0.15, 0.2) is 0 Å². The molecule has 6 unspecified atom stereocenters. The third-order valence-corrected chi connectivity index (χ3v) is 4.26. The smallest absolute Gasteiger partial charge is 0.307 e. The van der Waals surface area contributed by atoms with Crippen LogP contribution < -0.4 is 0 Å². The fraction of sp³-hybridized carbons (Fsp3) is 0.889. The van der Waals surface area contributed by atoms with Gasteiger partial charge in [0.25, 0.3) is 0 Å². The molecule has 0 aromatic rings. The first kappa shape index (κ1) is 22.8. The number of carbonyl (C=O) groups is 2. The van der Waals surface area contributed by atoms with Gasteiger partial charge in [-0.15, -0.1) is 0 Å². The normalized spacial score (nSPS) is 28.2. The molecule has 152 valence electrons. The van der Waals surface area contributed by atoms with E-state index < -0.39 is 6.10 Å². The molecular formula is C18H34N2O6. The van der Waals surface area contributed by atoms with Crippen LogP contribution in [0, 0.1) is 0 Å². The van der Waals surface area contributed by atoms with Gasteiger partial charge in [-0.1, -0.05) is 0 Å². The number of nitrogens with zero attached hydrogens (tertiary/aromatic N) is 2. The summed E-state index contributed by atoms with van der Waals surface area (Å²) >= 11 is 0. The molecule has 0 aromatic heterocycles. The van der Waals surface area contributed by atoms with Crippen molar-refractivity contribution in [1.82, 2.24) is 9.80 Å². The van der Waals surface area contributed by atoms with Gasteiger partial charge in [-0.05, 0) is 27.7 Å².